The first-order valence-corrected chi connectivity index (χ1v) is 5.55. The molecule has 5 heteroatoms. The normalized spacial score (nSPS) is 10.2. The van der Waals surface area contributed by atoms with E-state index in [1.54, 1.807) is 18.2 Å². The van der Waals surface area contributed by atoms with Crippen LogP contribution in [0.3, 0.4) is 0 Å². The van der Waals surface area contributed by atoms with Crippen molar-refractivity contribution >= 4 is 34.7 Å². The molecule has 17 heavy (non-hydrogen) atoms. The average molecular weight is 267 g/mol. The monoisotopic (exact) mass is 266 g/mol. The van der Waals surface area contributed by atoms with E-state index in [2.05, 4.69) is 4.98 Å². The molecule has 0 unspecified atom stereocenters. The predicted molar refractivity (Wildman–Crippen MR) is 68.5 cm³/mol. The molecule has 1 heterocycles. The van der Waals surface area contributed by atoms with Crippen LogP contribution in [-0.4, -0.2) is 10.8 Å². The molecule has 0 bridgehead atoms. The summed E-state index contributed by atoms with van der Waals surface area (Å²) in [5.41, 5.74) is 6.59. The molecule has 0 aliphatic carbocycles. The van der Waals surface area contributed by atoms with Gasteiger partial charge >= 0.3 is 0 Å². The second-order valence-corrected chi connectivity index (χ2v) is 4.20. The fourth-order valence-electron chi connectivity index (χ4n) is 1.46. The summed E-state index contributed by atoms with van der Waals surface area (Å²) < 4.78 is 0. The van der Waals surface area contributed by atoms with E-state index in [0.717, 1.165) is 0 Å². The van der Waals surface area contributed by atoms with Gasteiger partial charge in [0.25, 0.3) is 0 Å². The number of carbonyl (C=O) groups excluding carboxylic acids is 1. The minimum absolute atomic E-state index is 0.258. The van der Waals surface area contributed by atoms with Gasteiger partial charge in [-0.2, -0.15) is 0 Å². The van der Waals surface area contributed by atoms with E-state index in [4.69, 9.17) is 28.9 Å². The topological polar surface area (TPSA) is 56.0 Å². The number of hydrogen-bond acceptors (Lipinski definition) is 3. The summed E-state index contributed by atoms with van der Waals surface area (Å²) in [7, 11) is 0. The fraction of sp³-hybridized carbons (Fsp3) is 0. The Morgan fingerprint density at radius 3 is 2.41 bits per heavy atom. The molecule has 0 amide bonds. The van der Waals surface area contributed by atoms with Gasteiger partial charge < -0.3 is 5.73 Å². The Kier molecular flexibility index (Phi) is 3.31. The van der Waals surface area contributed by atoms with Crippen molar-refractivity contribution in [3.8, 4) is 0 Å². The highest BCUT2D eigenvalue weighted by molar-refractivity contribution is 6.41. The van der Waals surface area contributed by atoms with Gasteiger partial charge in [0.1, 0.15) is 0 Å². The summed E-state index contributed by atoms with van der Waals surface area (Å²) in [5, 5.41) is 0.609. The Labute approximate surface area is 108 Å². The molecule has 0 radical (unpaired) electrons. The first-order chi connectivity index (χ1) is 8.11. The number of nitrogen functional groups attached to an aromatic ring is 1. The van der Waals surface area contributed by atoms with Gasteiger partial charge in [-0.05, 0) is 18.2 Å². The average Bonchev–Trinajstić information content (AvgIpc) is 2.29. The lowest BCUT2D eigenvalue weighted by Crippen LogP contribution is -2.07. The molecular formula is C12H8Cl2N2O. The molecule has 0 aliphatic heterocycles. The lowest BCUT2D eigenvalue weighted by atomic mass is 10.0. The quantitative estimate of drug-likeness (QED) is 0.850. The van der Waals surface area contributed by atoms with Gasteiger partial charge in [0.05, 0.1) is 27.5 Å². The maximum absolute atomic E-state index is 12.2. The van der Waals surface area contributed by atoms with Crippen LogP contribution < -0.4 is 5.73 Å². The Hall–Kier alpha value is -1.58. The van der Waals surface area contributed by atoms with Crippen LogP contribution in [0.4, 0.5) is 5.69 Å². The van der Waals surface area contributed by atoms with Gasteiger partial charge in [0.2, 0.25) is 0 Å². The van der Waals surface area contributed by atoms with E-state index in [-0.39, 0.29) is 11.3 Å². The number of hydrogen-bond donors (Lipinski definition) is 1. The van der Waals surface area contributed by atoms with Crippen molar-refractivity contribution in [3.05, 3.63) is 57.8 Å². The van der Waals surface area contributed by atoms with E-state index in [9.17, 15) is 4.79 Å². The number of ketones is 1. The maximum atomic E-state index is 12.2. The number of nitrogens with zero attached hydrogens (tertiary/aromatic N) is 1. The maximum Gasteiger partial charge on any atom is 0.198 e. The molecule has 1 aromatic heterocycles. The summed E-state index contributed by atoms with van der Waals surface area (Å²) in [6, 6.07) is 6.44. The fourth-order valence-corrected chi connectivity index (χ4v) is 2.03. The molecule has 2 N–H and O–H groups in total. The number of benzene rings is 1. The summed E-state index contributed by atoms with van der Waals surface area (Å²) in [6.07, 6.45) is 2.91. The minimum atomic E-state index is -0.305. The summed E-state index contributed by atoms with van der Waals surface area (Å²) >= 11 is 11.9. The van der Waals surface area contributed by atoms with Gasteiger partial charge in [-0.3, -0.25) is 9.78 Å². The number of nitrogens with two attached hydrogens (primary N) is 1. The third-order valence-corrected chi connectivity index (χ3v) is 2.92. The van der Waals surface area contributed by atoms with Crippen molar-refractivity contribution in [3.63, 3.8) is 0 Å². The molecule has 86 valence electrons. The lowest BCUT2D eigenvalue weighted by molar-refractivity contribution is 0.104. The van der Waals surface area contributed by atoms with Crippen LogP contribution in [0.25, 0.3) is 0 Å². The highest BCUT2D eigenvalue weighted by atomic mass is 35.5. The standard InChI is InChI=1S/C12H8Cl2N2O/c13-8-2-1-3-9(14)11(8)12(17)7-4-5-16-6-10(7)15/h1-6H,15H2. The van der Waals surface area contributed by atoms with E-state index < -0.39 is 0 Å². The number of carbonyl (C=O) groups is 1. The molecule has 0 atom stereocenters. The zero-order chi connectivity index (χ0) is 12.4. The number of aromatic nitrogens is 1. The third-order valence-electron chi connectivity index (χ3n) is 2.29. The number of anilines is 1. The Morgan fingerprint density at radius 1 is 1.18 bits per heavy atom. The highest BCUT2D eigenvalue weighted by Crippen LogP contribution is 2.28. The molecule has 0 fully saturated rings. The highest BCUT2D eigenvalue weighted by Gasteiger charge is 2.18. The van der Waals surface area contributed by atoms with Gasteiger partial charge in [0, 0.05) is 11.8 Å². The van der Waals surface area contributed by atoms with Crippen molar-refractivity contribution in [2.45, 2.75) is 0 Å². The Balaban J connectivity index is 2.56. The molecule has 2 aromatic rings. The molecule has 2 rings (SSSR count). The molecular weight excluding hydrogens is 259 g/mol. The zero-order valence-corrected chi connectivity index (χ0v) is 10.2. The minimum Gasteiger partial charge on any atom is -0.397 e. The Morgan fingerprint density at radius 2 is 1.82 bits per heavy atom. The first kappa shape index (κ1) is 11.9. The molecule has 3 nitrogen and oxygen atoms in total. The molecule has 0 saturated carbocycles. The molecule has 0 aliphatic rings. The van der Waals surface area contributed by atoms with Crippen LogP contribution in [0.2, 0.25) is 10.0 Å². The van der Waals surface area contributed by atoms with E-state index in [0.29, 0.717) is 21.3 Å². The SMILES string of the molecule is Nc1cnccc1C(=O)c1c(Cl)cccc1Cl. The molecule has 0 saturated heterocycles. The summed E-state index contributed by atoms with van der Waals surface area (Å²) in [4.78, 5) is 16.1. The van der Waals surface area contributed by atoms with Crippen LogP contribution in [0.5, 0.6) is 0 Å². The van der Waals surface area contributed by atoms with E-state index >= 15 is 0 Å². The van der Waals surface area contributed by atoms with Crippen molar-refractivity contribution in [1.82, 2.24) is 4.98 Å². The number of rotatable bonds is 2. The van der Waals surface area contributed by atoms with Crippen LogP contribution in [0, 0.1) is 0 Å². The van der Waals surface area contributed by atoms with Gasteiger partial charge in [-0.15, -0.1) is 0 Å². The van der Waals surface area contributed by atoms with Crippen LogP contribution in [-0.2, 0) is 0 Å². The van der Waals surface area contributed by atoms with Crippen LogP contribution >= 0.6 is 23.2 Å². The zero-order valence-electron chi connectivity index (χ0n) is 8.65. The van der Waals surface area contributed by atoms with Gasteiger partial charge in [-0.1, -0.05) is 29.3 Å². The summed E-state index contributed by atoms with van der Waals surface area (Å²) in [6.45, 7) is 0. The van der Waals surface area contributed by atoms with Gasteiger partial charge in [-0.25, -0.2) is 0 Å². The van der Waals surface area contributed by atoms with Crippen molar-refractivity contribution in [1.29, 1.82) is 0 Å². The summed E-state index contributed by atoms with van der Waals surface area (Å²) in [5.74, 6) is -0.305. The second kappa shape index (κ2) is 4.73. The smallest absolute Gasteiger partial charge is 0.198 e. The Bertz CT molecular complexity index is 564. The van der Waals surface area contributed by atoms with Crippen molar-refractivity contribution in [2.75, 3.05) is 5.73 Å². The number of pyridine rings is 1. The number of halogens is 2. The van der Waals surface area contributed by atoms with E-state index in [1.807, 2.05) is 0 Å². The van der Waals surface area contributed by atoms with Crippen LogP contribution in [0.15, 0.2) is 36.7 Å². The van der Waals surface area contributed by atoms with Gasteiger partial charge in [0.15, 0.2) is 5.78 Å². The molecule has 1 aromatic carbocycles. The third kappa shape index (κ3) is 2.25. The second-order valence-electron chi connectivity index (χ2n) is 3.39. The van der Waals surface area contributed by atoms with Crippen molar-refractivity contribution in [2.24, 2.45) is 0 Å². The van der Waals surface area contributed by atoms with E-state index in [1.165, 1.54) is 18.5 Å². The molecule has 0 spiro atoms. The van der Waals surface area contributed by atoms with Crippen LogP contribution in [0.1, 0.15) is 15.9 Å². The van der Waals surface area contributed by atoms with Crippen molar-refractivity contribution < 1.29 is 4.79 Å². The first-order valence-electron chi connectivity index (χ1n) is 4.79. The lowest BCUT2D eigenvalue weighted by Gasteiger charge is -2.07. The predicted octanol–water partition coefficient (Wildman–Crippen LogP) is 3.20. The largest absolute Gasteiger partial charge is 0.397 e.